The van der Waals surface area contributed by atoms with E-state index >= 15 is 0 Å². The highest BCUT2D eigenvalue weighted by Gasteiger charge is 2.54. The van der Waals surface area contributed by atoms with Crippen LogP contribution in [0.3, 0.4) is 0 Å². The Balaban J connectivity index is 2.99. The van der Waals surface area contributed by atoms with Crippen LogP contribution in [0, 0.1) is 0 Å². The summed E-state index contributed by atoms with van der Waals surface area (Å²) in [6.45, 7) is 5.31. The monoisotopic (exact) mass is 436 g/mol. The van der Waals surface area contributed by atoms with E-state index in [1.807, 2.05) is 4.72 Å². The minimum absolute atomic E-state index is 0.0589. The molecule has 1 rings (SSSR count). The average Bonchev–Trinajstić information content (AvgIpc) is 2.59. The quantitative estimate of drug-likeness (QED) is 0.614. The number of carbonyl (C=O) groups excluding carboxylic acids is 2. The molecule has 0 aromatic heterocycles. The van der Waals surface area contributed by atoms with Gasteiger partial charge in [0.1, 0.15) is 11.6 Å². The van der Waals surface area contributed by atoms with Crippen molar-refractivity contribution in [3.63, 3.8) is 0 Å². The number of benzene rings is 1. The summed E-state index contributed by atoms with van der Waals surface area (Å²) in [5, 5.41) is 2.30. The Bertz CT molecular complexity index is 735. The minimum atomic E-state index is -4.86. The second-order valence-corrected chi connectivity index (χ2v) is 9.79. The molecule has 10 heteroatoms. The molecule has 1 aromatic carbocycles. The van der Waals surface area contributed by atoms with E-state index in [-0.39, 0.29) is 6.42 Å². The highest BCUT2D eigenvalue weighted by atomic mass is 32.2. The number of halogens is 3. The third-order valence-electron chi connectivity index (χ3n) is 4.12. The smallest absolute Gasteiger partial charge is 0.407 e. The number of carbonyl (C=O) groups is 2. The van der Waals surface area contributed by atoms with Crippen LogP contribution in [0.1, 0.15) is 39.7 Å². The molecule has 3 atom stereocenters. The van der Waals surface area contributed by atoms with Crippen molar-refractivity contribution in [1.29, 1.82) is 0 Å². The maximum atomic E-state index is 13.7. The van der Waals surface area contributed by atoms with Crippen LogP contribution in [0.4, 0.5) is 13.2 Å². The molecule has 164 valence electrons. The molecule has 0 saturated carbocycles. The summed E-state index contributed by atoms with van der Waals surface area (Å²) in [4.78, 5) is 24.4. The highest BCUT2D eigenvalue weighted by molar-refractivity contribution is 7.84. The van der Waals surface area contributed by atoms with E-state index in [9.17, 15) is 27.0 Å². The van der Waals surface area contributed by atoms with E-state index in [1.54, 1.807) is 30.3 Å². The molecule has 0 unspecified atom stereocenters. The molecule has 1 amide bonds. The lowest BCUT2D eigenvalue weighted by molar-refractivity contribution is -0.189. The van der Waals surface area contributed by atoms with Gasteiger partial charge in [-0.05, 0) is 33.3 Å². The van der Waals surface area contributed by atoms with Crippen LogP contribution in [0.2, 0.25) is 0 Å². The fourth-order valence-corrected chi connectivity index (χ4v) is 3.21. The number of hydrogen-bond donors (Lipinski definition) is 2. The predicted octanol–water partition coefficient (Wildman–Crippen LogP) is 2.65. The van der Waals surface area contributed by atoms with Crippen LogP contribution in [0.15, 0.2) is 30.3 Å². The first-order chi connectivity index (χ1) is 13.2. The van der Waals surface area contributed by atoms with Crippen molar-refractivity contribution in [3.05, 3.63) is 35.9 Å². The number of methoxy groups -OCH3 is 1. The van der Waals surface area contributed by atoms with E-state index in [0.29, 0.717) is 5.56 Å². The standard InChI is InChI=1S/C19H27F3N2O4S/c1-17(2,3)29(27)24-18(4,19(20,21)22)12-15(25)23-14(16(26)28-5)11-13-9-7-6-8-10-13/h6-10,14,24H,11-12H2,1-5H3,(H,23,25)/t14-,18-,29+/m0/s1. The predicted molar refractivity (Wildman–Crippen MR) is 104 cm³/mol. The first-order valence-corrected chi connectivity index (χ1v) is 10.0. The lowest BCUT2D eigenvalue weighted by Crippen LogP contribution is -2.60. The first kappa shape index (κ1) is 25.1. The van der Waals surface area contributed by atoms with Gasteiger partial charge in [-0.25, -0.2) is 13.7 Å². The van der Waals surface area contributed by atoms with Crippen molar-refractivity contribution in [2.45, 2.75) is 63.0 Å². The Morgan fingerprint density at radius 3 is 2.10 bits per heavy atom. The van der Waals surface area contributed by atoms with E-state index < -0.39 is 51.8 Å². The molecule has 0 fully saturated rings. The summed E-state index contributed by atoms with van der Waals surface area (Å²) >= 11 is 0. The first-order valence-electron chi connectivity index (χ1n) is 8.87. The van der Waals surface area contributed by atoms with Crippen molar-refractivity contribution in [2.24, 2.45) is 0 Å². The van der Waals surface area contributed by atoms with Crippen molar-refractivity contribution < 1.29 is 31.7 Å². The van der Waals surface area contributed by atoms with Crippen molar-refractivity contribution in [3.8, 4) is 0 Å². The molecular formula is C19H27F3N2O4S. The lowest BCUT2D eigenvalue weighted by Gasteiger charge is -2.34. The van der Waals surface area contributed by atoms with Crippen molar-refractivity contribution >= 4 is 22.9 Å². The second-order valence-electron chi connectivity index (χ2n) is 7.82. The summed E-state index contributed by atoms with van der Waals surface area (Å²) in [6, 6.07) is 7.52. The zero-order valence-electron chi connectivity index (χ0n) is 17.1. The van der Waals surface area contributed by atoms with Gasteiger partial charge < -0.3 is 10.1 Å². The molecule has 0 aliphatic heterocycles. The number of nitrogens with one attached hydrogen (secondary N) is 2. The summed E-state index contributed by atoms with van der Waals surface area (Å²) in [5.41, 5.74) is -2.04. The molecule has 0 aliphatic rings. The maximum Gasteiger partial charge on any atom is 0.407 e. The molecule has 6 nitrogen and oxygen atoms in total. The van der Waals surface area contributed by atoms with Gasteiger partial charge in [-0.3, -0.25) is 4.79 Å². The summed E-state index contributed by atoms with van der Waals surface area (Å²) in [5.74, 6) is -1.79. The number of esters is 1. The molecule has 29 heavy (non-hydrogen) atoms. The molecule has 2 N–H and O–H groups in total. The van der Waals surface area contributed by atoms with Gasteiger partial charge in [0.2, 0.25) is 5.91 Å². The van der Waals surface area contributed by atoms with Crippen LogP contribution in [0.25, 0.3) is 0 Å². The van der Waals surface area contributed by atoms with Crippen molar-refractivity contribution in [2.75, 3.05) is 7.11 Å². The minimum Gasteiger partial charge on any atom is -0.467 e. The third-order valence-corrected chi connectivity index (χ3v) is 5.87. The molecule has 0 saturated heterocycles. The number of rotatable bonds is 8. The topological polar surface area (TPSA) is 84.5 Å². The van der Waals surface area contributed by atoms with E-state index in [0.717, 1.165) is 14.0 Å². The average molecular weight is 436 g/mol. The lowest BCUT2D eigenvalue weighted by atomic mass is 9.97. The van der Waals surface area contributed by atoms with Gasteiger partial charge in [0.25, 0.3) is 0 Å². The number of amides is 1. The van der Waals surface area contributed by atoms with Crippen LogP contribution in [-0.4, -0.2) is 45.7 Å². The van der Waals surface area contributed by atoms with E-state index in [4.69, 9.17) is 0 Å². The SMILES string of the molecule is COC(=O)[C@H](Cc1ccccc1)NC(=O)C[C@](C)(N[S@](=O)C(C)(C)C)C(F)(F)F. The fourth-order valence-electron chi connectivity index (χ4n) is 2.30. The van der Waals surface area contributed by atoms with Crippen LogP contribution >= 0.6 is 0 Å². The fraction of sp³-hybridized carbons (Fsp3) is 0.579. The maximum absolute atomic E-state index is 13.7. The molecule has 0 bridgehead atoms. The third kappa shape index (κ3) is 7.43. The van der Waals surface area contributed by atoms with E-state index in [1.165, 1.54) is 20.8 Å². The van der Waals surface area contributed by atoms with Crippen LogP contribution in [0.5, 0.6) is 0 Å². The Hall–Kier alpha value is -1.94. The van der Waals surface area contributed by atoms with Gasteiger partial charge in [0.15, 0.2) is 0 Å². The zero-order chi connectivity index (χ0) is 22.5. The van der Waals surface area contributed by atoms with Gasteiger partial charge in [0, 0.05) is 6.42 Å². The number of hydrogen-bond acceptors (Lipinski definition) is 4. The second kappa shape index (κ2) is 9.71. The van der Waals surface area contributed by atoms with Gasteiger partial charge in [-0.15, -0.1) is 0 Å². The Morgan fingerprint density at radius 1 is 1.10 bits per heavy atom. The molecule has 0 spiro atoms. The molecule has 0 heterocycles. The van der Waals surface area contributed by atoms with Gasteiger partial charge in [-0.2, -0.15) is 13.2 Å². The Labute approximate surface area is 171 Å². The number of ether oxygens (including phenoxy) is 1. The normalized spacial score (nSPS) is 16.4. The molecule has 1 aromatic rings. The Kier molecular flexibility index (Phi) is 8.40. The van der Waals surface area contributed by atoms with Crippen LogP contribution in [-0.2, 0) is 31.7 Å². The summed E-state index contributed by atoms with van der Waals surface area (Å²) < 4.78 is 58.9. The van der Waals surface area contributed by atoms with Gasteiger partial charge >= 0.3 is 12.1 Å². The van der Waals surface area contributed by atoms with Crippen LogP contribution < -0.4 is 10.0 Å². The van der Waals surface area contributed by atoms with Gasteiger partial charge in [0.05, 0.1) is 29.3 Å². The summed E-state index contributed by atoms with van der Waals surface area (Å²) in [7, 11) is -0.941. The number of alkyl halides is 3. The Morgan fingerprint density at radius 2 is 1.66 bits per heavy atom. The summed E-state index contributed by atoms with van der Waals surface area (Å²) in [6.07, 6.45) is -5.85. The largest absolute Gasteiger partial charge is 0.467 e. The molecule has 0 radical (unpaired) electrons. The zero-order valence-corrected chi connectivity index (χ0v) is 17.9. The van der Waals surface area contributed by atoms with Gasteiger partial charge in [-0.1, -0.05) is 30.3 Å². The molecular weight excluding hydrogens is 409 g/mol. The van der Waals surface area contributed by atoms with E-state index in [2.05, 4.69) is 10.1 Å². The molecule has 0 aliphatic carbocycles. The van der Waals surface area contributed by atoms with Crippen molar-refractivity contribution in [1.82, 2.24) is 10.0 Å². The highest BCUT2D eigenvalue weighted by Crippen LogP contribution is 2.34.